The minimum absolute atomic E-state index is 0.00219. The third-order valence-electron chi connectivity index (χ3n) is 3.54. The topological polar surface area (TPSA) is 81.9 Å². The highest BCUT2D eigenvalue weighted by Crippen LogP contribution is 2.22. The van der Waals surface area contributed by atoms with Gasteiger partial charge >= 0.3 is 0 Å². The molecule has 1 N–H and O–H groups in total. The summed E-state index contributed by atoms with van der Waals surface area (Å²) in [5.41, 5.74) is 2.02. The highest BCUT2D eigenvalue weighted by molar-refractivity contribution is 5.45. The van der Waals surface area contributed by atoms with Crippen molar-refractivity contribution >= 4 is 0 Å². The van der Waals surface area contributed by atoms with Crippen LogP contribution in [-0.4, -0.2) is 36.3 Å². The second kappa shape index (κ2) is 5.76. The molecule has 0 bridgehead atoms. The van der Waals surface area contributed by atoms with Crippen molar-refractivity contribution in [2.24, 2.45) is 0 Å². The van der Waals surface area contributed by atoms with E-state index >= 15 is 0 Å². The van der Waals surface area contributed by atoms with Crippen molar-refractivity contribution in [3.8, 4) is 11.6 Å². The first-order valence-corrected chi connectivity index (χ1v) is 7.22. The zero-order valence-corrected chi connectivity index (χ0v) is 12.9. The number of aliphatic hydroxyl groups is 1. The second-order valence-corrected chi connectivity index (χ2v) is 5.27. The SMILES string of the molecule is Cc1cc(C)n(C(C)c2nc(-c3ccco3)nn2CCO)n1. The molecule has 0 saturated carbocycles. The maximum absolute atomic E-state index is 9.26. The molecule has 3 heterocycles. The van der Waals surface area contributed by atoms with Crippen molar-refractivity contribution < 1.29 is 9.52 Å². The normalized spacial score (nSPS) is 12.7. The summed E-state index contributed by atoms with van der Waals surface area (Å²) in [5, 5.41) is 18.2. The molecule has 0 aliphatic heterocycles. The van der Waals surface area contributed by atoms with Crippen LogP contribution in [-0.2, 0) is 6.54 Å². The summed E-state index contributed by atoms with van der Waals surface area (Å²) < 4.78 is 8.98. The summed E-state index contributed by atoms with van der Waals surface area (Å²) in [7, 11) is 0. The predicted octanol–water partition coefficient (Wildman–Crippen LogP) is 1.95. The van der Waals surface area contributed by atoms with E-state index in [9.17, 15) is 5.11 Å². The molecule has 0 aliphatic carbocycles. The van der Waals surface area contributed by atoms with E-state index in [1.807, 2.05) is 37.6 Å². The minimum Gasteiger partial charge on any atom is -0.461 e. The van der Waals surface area contributed by atoms with Crippen molar-refractivity contribution in [3.05, 3.63) is 41.7 Å². The molecule has 0 amide bonds. The molecule has 22 heavy (non-hydrogen) atoms. The molecule has 1 atom stereocenters. The maximum atomic E-state index is 9.26. The first kappa shape index (κ1) is 14.5. The number of nitrogens with zero attached hydrogens (tertiary/aromatic N) is 5. The van der Waals surface area contributed by atoms with Gasteiger partial charge in [-0.15, -0.1) is 5.10 Å². The van der Waals surface area contributed by atoms with Crippen LogP contribution in [0.4, 0.5) is 0 Å². The fourth-order valence-corrected chi connectivity index (χ4v) is 2.58. The van der Waals surface area contributed by atoms with Crippen LogP contribution >= 0.6 is 0 Å². The molecule has 0 aliphatic rings. The molecule has 3 aromatic heterocycles. The number of hydrogen-bond donors (Lipinski definition) is 1. The molecule has 7 heteroatoms. The van der Waals surface area contributed by atoms with Crippen LogP contribution in [0.2, 0.25) is 0 Å². The van der Waals surface area contributed by atoms with Crippen molar-refractivity contribution in [2.75, 3.05) is 6.61 Å². The Labute approximate surface area is 128 Å². The summed E-state index contributed by atoms with van der Waals surface area (Å²) in [6.45, 7) is 6.37. The summed E-state index contributed by atoms with van der Waals surface area (Å²) in [6.07, 6.45) is 1.59. The Morgan fingerprint density at radius 1 is 1.32 bits per heavy atom. The van der Waals surface area contributed by atoms with Gasteiger partial charge in [0.15, 0.2) is 11.6 Å². The van der Waals surface area contributed by atoms with Crippen LogP contribution < -0.4 is 0 Å². The van der Waals surface area contributed by atoms with Crippen LogP contribution in [0.25, 0.3) is 11.6 Å². The average molecular weight is 301 g/mol. The van der Waals surface area contributed by atoms with Gasteiger partial charge in [-0.05, 0) is 39.0 Å². The van der Waals surface area contributed by atoms with E-state index in [1.165, 1.54) is 0 Å². The van der Waals surface area contributed by atoms with Crippen molar-refractivity contribution in [3.63, 3.8) is 0 Å². The molecule has 0 aromatic carbocycles. The minimum atomic E-state index is -0.0866. The van der Waals surface area contributed by atoms with Gasteiger partial charge in [-0.1, -0.05) is 0 Å². The highest BCUT2D eigenvalue weighted by atomic mass is 16.3. The Kier molecular flexibility index (Phi) is 3.81. The predicted molar refractivity (Wildman–Crippen MR) is 80.3 cm³/mol. The van der Waals surface area contributed by atoms with E-state index in [-0.39, 0.29) is 12.6 Å². The Balaban J connectivity index is 2.03. The van der Waals surface area contributed by atoms with Crippen LogP contribution in [0, 0.1) is 13.8 Å². The number of furan rings is 1. The van der Waals surface area contributed by atoms with E-state index in [0.29, 0.717) is 18.1 Å². The first-order valence-electron chi connectivity index (χ1n) is 7.22. The molecule has 1 unspecified atom stereocenters. The first-order chi connectivity index (χ1) is 10.6. The lowest BCUT2D eigenvalue weighted by Crippen LogP contribution is -2.18. The zero-order valence-electron chi connectivity index (χ0n) is 12.9. The van der Waals surface area contributed by atoms with Crippen LogP contribution in [0.3, 0.4) is 0 Å². The van der Waals surface area contributed by atoms with Crippen molar-refractivity contribution in [2.45, 2.75) is 33.4 Å². The Bertz CT molecular complexity index is 757. The van der Waals surface area contributed by atoms with E-state index in [4.69, 9.17) is 4.42 Å². The summed E-state index contributed by atoms with van der Waals surface area (Å²) in [4.78, 5) is 4.58. The smallest absolute Gasteiger partial charge is 0.217 e. The Morgan fingerprint density at radius 2 is 2.14 bits per heavy atom. The van der Waals surface area contributed by atoms with E-state index in [0.717, 1.165) is 17.2 Å². The second-order valence-electron chi connectivity index (χ2n) is 5.27. The van der Waals surface area contributed by atoms with Gasteiger partial charge in [0.2, 0.25) is 5.82 Å². The largest absolute Gasteiger partial charge is 0.461 e. The van der Waals surface area contributed by atoms with Gasteiger partial charge in [0.05, 0.1) is 25.1 Å². The maximum Gasteiger partial charge on any atom is 0.217 e. The van der Waals surface area contributed by atoms with Gasteiger partial charge in [-0.2, -0.15) is 5.10 Å². The molecule has 7 nitrogen and oxygen atoms in total. The van der Waals surface area contributed by atoms with Gasteiger partial charge in [-0.3, -0.25) is 4.68 Å². The summed E-state index contributed by atoms with van der Waals surface area (Å²) >= 11 is 0. The van der Waals surface area contributed by atoms with Gasteiger partial charge in [-0.25, -0.2) is 9.67 Å². The van der Waals surface area contributed by atoms with E-state index < -0.39 is 0 Å². The van der Waals surface area contributed by atoms with Crippen LogP contribution in [0.15, 0.2) is 28.9 Å². The lowest BCUT2D eigenvalue weighted by molar-refractivity contribution is 0.264. The molecule has 0 radical (unpaired) electrons. The van der Waals surface area contributed by atoms with E-state index in [1.54, 1.807) is 17.0 Å². The lowest BCUT2D eigenvalue weighted by Gasteiger charge is -2.14. The van der Waals surface area contributed by atoms with Crippen molar-refractivity contribution in [1.29, 1.82) is 0 Å². The van der Waals surface area contributed by atoms with Crippen molar-refractivity contribution in [1.82, 2.24) is 24.5 Å². The molecule has 0 saturated heterocycles. The summed E-state index contributed by atoms with van der Waals surface area (Å²) in [5.74, 6) is 1.87. The standard InChI is InChI=1S/C15H19N5O2/c1-10-9-11(2)20(17-10)12(3)15-16-14(13-5-4-8-22-13)18-19(15)6-7-21/h4-5,8-9,12,21H,6-7H2,1-3H3. The number of aryl methyl sites for hydroxylation is 2. The fraction of sp³-hybridized carbons (Fsp3) is 0.400. The van der Waals surface area contributed by atoms with Gasteiger partial charge < -0.3 is 9.52 Å². The molecule has 0 fully saturated rings. The molecular formula is C15H19N5O2. The number of hydrogen-bond acceptors (Lipinski definition) is 5. The zero-order chi connectivity index (χ0) is 15.7. The Hall–Kier alpha value is -2.41. The van der Waals surface area contributed by atoms with Crippen LogP contribution in [0.1, 0.15) is 30.2 Å². The third-order valence-corrected chi connectivity index (χ3v) is 3.54. The lowest BCUT2D eigenvalue weighted by atomic mass is 10.3. The van der Waals surface area contributed by atoms with Gasteiger partial charge in [0.25, 0.3) is 0 Å². The molecule has 3 rings (SSSR count). The molecule has 116 valence electrons. The number of rotatable bonds is 5. The fourth-order valence-electron chi connectivity index (χ4n) is 2.58. The molecule has 0 spiro atoms. The monoisotopic (exact) mass is 301 g/mol. The highest BCUT2D eigenvalue weighted by Gasteiger charge is 2.21. The van der Waals surface area contributed by atoms with Gasteiger partial charge in [0, 0.05) is 5.69 Å². The quantitative estimate of drug-likeness (QED) is 0.779. The Morgan fingerprint density at radius 3 is 2.73 bits per heavy atom. The molecular weight excluding hydrogens is 282 g/mol. The van der Waals surface area contributed by atoms with E-state index in [2.05, 4.69) is 15.2 Å². The van der Waals surface area contributed by atoms with Crippen LogP contribution in [0.5, 0.6) is 0 Å². The third kappa shape index (κ3) is 2.55. The summed E-state index contributed by atoms with van der Waals surface area (Å²) in [6, 6.07) is 5.55. The van der Waals surface area contributed by atoms with Gasteiger partial charge in [0.1, 0.15) is 6.04 Å². The number of aliphatic hydroxyl groups excluding tert-OH is 1. The average Bonchev–Trinajstić information content (AvgIpc) is 3.18. The number of aromatic nitrogens is 5. The molecule has 3 aromatic rings.